The van der Waals surface area contributed by atoms with Crippen LogP contribution in [0.1, 0.15) is 24.0 Å². The van der Waals surface area contributed by atoms with Crippen molar-refractivity contribution in [1.29, 1.82) is 0 Å². The minimum absolute atomic E-state index is 0.00400. The van der Waals surface area contributed by atoms with Gasteiger partial charge in [0.1, 0.15) is 5.03 Å². The molecule has 0 spiro atoms. The van der Waals surface area contributed by atoms with Crippen molar-refractivity contribution in [3.63, 3.8) is 0 Å². The van der Waals surface area contributed by atoms with Crippen LogP contribution >= 0.6 is 23.4 Å². The maximum absolute atomic E-state index is 13.0. The fourth-order valence-corrected chi connectivity index (χ4v) is 3.87. The average Bonchev–Trinajstić information content (AvgIpc) is 2.98. The number of carboxylic acid groups (broad SMARTS) is 1. The van der Waals surface area contributed by atoms with E-state index in [4.69, 9.17) is 16.7 Å². The number of rotatable bonds is 6. The smallest absolute Gasteiger partial charge is 0.417 e. The number of hydrogen-bond acceptors (Lipinski definition) is 4. The molecule has 3 rings (SSSR count). The number of alkyl halides is 6. The van der Waals surface area contributed by atoms with Gasteiger partial charge in [0.2, 0.25) is 0 Å². The van der Waals surface area contributed by atoms with Crippen LogP contribution in [0.2, 0.25) is 5.02 Å². The molecule has 0 saturated heterocycles. The van der Waals surface area contributed by atoms with Gasteiger partial charge in [0, 0.05) is 19.2 Å². The van der Waals surface area contributed by atoms with E-state index in [2.05, 4.69) is 9.97 Å². The Kier molecular flexibility index (Phi) is 6.42. The predicted octanol–water partition coefficient (Wildman–Crippen LogP) is 6.14. The first-order chi connectivity index (χ1) is 14.4. The summed E-state index contributed by atoms with van der Waals surface area (Å²) in [6, 6.07) is 3.61. The number of aliphatic carboxylic acids is 1. The van der Waals surface area contributed by atoms with E-state index in [9.17, 15) is 31.1 Å². The van der Waals surface area contributed by atoms with Crippen LogP contribution in [0.15, 0.2) is 40.6 Å². The molecular weight excluding hydrogens is 472 g/mol. The second-order valence-corrected chi connectivity index (χ2v) is 7.72. The zero-order valence-electron chi connectivity index (χ0n) is 15.3. The standard InChI is InChI=1S/C18H12ClF6N3O2S/c19-11-6-10(18(23,24)25)8-26-15(11)31-16-27-12-7-9(17(20,21)22)3-4-13(12)28(16)5-1-2-14(29)30/h3-4,6-8H,1-2,5H2,(H,29,30). The van der Waals surface area contributed by atoms with Crippen LogP contribution in [0.5, 0.6) is 0 Å². The van der Waals surface area contributed by atoms with Crippen molar-refractivity contribution in [2.45, 2.75) is 41.9 Å². The van der Waals surface area contributed by atoms with Crippen molar-refractivity contribution >= 4 is 40.4 Å². The lowest BCUT2D eigenvalue weighted by atomic mass is 10.2. The van der Waals surface area contributed by atoms with E-state index >= 15 is 0 Å². The summed E-state index contributed by atoms with van der Waals surface area (Å²) in [5.41, 5.74) is -1.66. The highest BCUT2D eigenvalue weighted by atomic mass is 35.5. The quantitative estimate of drug-likeness (QED) is 0.427. The maximum Gasteiger partial charge on any atom is 0.417 e. The van der Waals surface area contributed by atoms with Crippen LogP contribution in [0.4, 0.5) is 26.3 Å². The van der Waals surface area contributed by atoms with Gasteiger partial charge >= 0.3 is 18.3 Å². The minimum Gasteiger partial charge on any atom is -0.481 e. The molecule has 0 aliphatic rings. The number of nitrogens with zero attached hydrogens (tertiary/aromatic N) is 3. The molecule has 5 nitrogen and oxygen atoms in total. The van der Waals surface area contributed by atoms with Crippen LogP contribution < -0.4 is 0 Å². The molecule has 0 saturated carbocycles. The summed E-state index contributed by atoms with van der Waals surface area (Å²) in [6.07, 6.45) is -8.68. The Morgan fingerprint density at radius 2 is 1.77 bits per heavy atom. The van der Waals surface area contributed by atoms with E-state index in [1.807, 2.05) is 0 Å². The lowest BCUT2D eigenvalue weighted by Gasteiger charge is -2.11. The maximum atomic E-state index is 13.0. The second-order valence-electron chi connectivity index (χ2n) is 6.36. The molecule has 0 atom stereocenters. The number of fused-ring (bicyclic) bond motifs is 1. The highest BCUT2D eigenvalue weighted by molar-refractivity contribution is 7.99. The van der Waals surface area contributed by atoms with Crippen LogP contribution in [-0.2, 0) is 23.7 Å². The van der Waals surface area contributed by atoms with Crippen molar-refractivity contribution in [2.24, 2.45) is 0 Å². The molecule has 0 aliphatic heterocycles. The third-order valence-electron chi connectivity index (χ3n) is 4.14. The van der Waals surface area contributed by atoms with Gasteiger partial charge in [-0.1, -0.05) is 11.6 Å². The van der Waals surface area contributed by atoms with Gasteiger partial charge in [0.15, 0.2) is 5.16 Å². The third kappa shape index (κ3) is 5.42. The van der Waals surface area contributed by atoms with Crippen molar-refractivity contribution in [3.8, 4) is 0 Å². The fourth-order valence-electron chi connectivity index (χ4n) is 2.71. The molecular formula is C18H12ClF6N3O2S. The van der Waals surface area contributed by atoms with Crippen LogP contribution in [0, 0.1) is 0 Å². The van der Waals surface area contributed by atoms with E-state index in [0.717, 1.165) is 23.9 Å². The van der Waals surface area contributed by atoms with Gasteiger partial charge in [-0.15, -0.1) is 0 Å². The number of aryl methyl sites for hydroxylation is 1. The molecule has 0 aliphatic carbocycles. The zero-order chi connectivity index (χ0) is 23.0. The monoisotopic (exact) mass is 483 g/mol. The van der Waals surface area contributed by atoms with Crippen LogP contribution in [0.25, 0.3) is 11.0 Å². The first-order valence-corrected chi connectivity index (χ1v) is 9.75. The van der Waals surface area contributed by atoms with Gasteiger partial charge in [-0.05, 0) is 42.4 Å². The molecule has 2 aromatic heterocycles. The Bertz CT molecular complexity index is 1130. The molecule has 0 radical (unpaired) electrons. The SMILES string of the molecule is O=C(O)CCCn1c(Sc2ncc(C(F)(F)F)cc2Cl)nc2cc(C(F)(F)F)ccc21. The van der Waals surface area contributed by atoms with E-state index < -0.39 is 29.4 Å². The second kappa shape index (κ2) is 8.58. The molecule has 0 bridgehead atoms. The zero-order valence-corrected chi connectivity index (χ0v) is 16.8. The Hall–Kier alpha value is -2.47. The Labute approximate surface area is 180 Å². The number of imidazole rings is 1. The number of pyridine rings is 1. The molecule has 166 valence electrons. The molecule has 3 aromatic rings. The third-order valence-corrected chi connectivity index (χ3v) is 5.55. The number of halogens is 7. The van der Waals surface area contributed by atoms with Gasteiger partial charge in [0.05, 0.1) is 27.2 Å². The number of hydrogen-bond donors (Lipinski definition) is 1. The van der Waals surface area contributed by atoms with Gasteiger partial charge in [-0.3, -0.25) is 4.79 Å². The van der Waals surface area contributed by atoms with E-state index in [0.29, 0.717) is 17.8 Å². The minimum atomic E-state index is -4.64. The summed E-state index contributed by atoms with van der Waals surface area (Å²) >= 11 is 6.69. The summed E-state index contributed by atoms with van der Waals surface area (Å²) in [4.78, 5) is 18.7. The van der Waals surface area contributed by atoms with Crippen molar-refractivity contribution in [2.75, 3.05) is 0 Å². The van der Waals surface area contributed by atoms with E-state index in [1.54, 1.807) is 0 Å². The molecule has 0 amide bonds. The molecule has 31 heavy (non-hydrogen) atoms. The molecule has 0 unspecified atom stereocenters. The summed E-state index contributed by atoms with van der Waals surface area (Å²) < 4.78 is 79.0. The topological polar surface area (TPSA) is 68.0 Å². The van der Waals surface area contributed by atoms with Gasteiger partial charge < -0.3 is 9.67 Å². The first-order valence-electron chi connectivity index (χ1n) is 8.56. The van der Waals surface area contributed by atoms with E-state index in [1.165, 1.54) is 10.6 Å². The number of carboxylic acids is 1. The highest BCUT2D eigenvalue weighted by Crippen LogP contribution is 2.38. The van der Waals surface area contributed by atoms with Gasteiger partial charge in [0.25, 0.3) is 0 Å². The van der Waals surface area contributed by atoms with Crippen molar-refractivity contribution < 1.29 is 36.2 Å². The normalized spacial score (nSPS) is 12.5. The van der Waals surface area contributed by atoms with Crippen molar-refractivity contribution in [3.05, 3.63) is 46.6 Å². The van der Waals surface area contributed by atoms with Gasteiger partial charge in [-0.2, -0.15) is 26.3 Å². The Morgan fingerprint density at radius 3 is 2.35 bits per heavy atom. The fraction of sp³-hybridized carbons (Fsp3) is 0.278. The largest absolute Gasteiger partial charge is 0.481 e. The molecule has 2 heterocycles. The number of benzene rings is 1. The van der Waals surface area contributed by atoms with Gasteiger partial charge in [-0.25, -0.2) is 9.97 Å². The summed E-state index contributed by atoms with van der Waals surface area (Å²) in [7, 11) is 0. The van der Waals surface area contributed by atoms with Crippen LogP contribution in [-0.4, -0.2) is 25.6 Å². The summed E-state index contributed by atoms with van der Waals surface area (Å²) in [5, 5.41) is 8.63. The van der Waals surface area contributed by atoms with Crippen LogP contribution in [0.3, 0.4) is 0 Å². The number of carbonyl (C=O) groups is 1. The lowest BCUT2D eigenvalue weighted by Crippen LogP contribution is -2.06. The highest BCUT2D eigenvalue weighted by Gasteiger charge is 2.32. The average molecular weight is 484 g/mol. The summed E-state index contributed by atoms with van der Waals surface area (Å²) in [5.74, 6) is -1.05. The molecule has 1 N–H and O–H groups in total. The predicted molar refractivity (Wildman–Crippen MR) is 100.0 cm³/mol. The molecule has 1 aromatic carbocycles. The Morgan fingerprint density at radius 1 is 1.10 bits per heavy atom. The Balaban J connectivity index is 2.02. The first kappa shape index (κ1) is 23.2. The number of aromatic nitrogens is 3. The van der Waals surface area contributed by atoms with E-state index in [-0.39, 0.29) is 40.1 Å². The van der Waals surface area contributed by atoms with Crippen molar-refractivity contribution in [1.82, 2.24) is 14.5 Å². The summed E-state index contributed by atoms with van der Waals surface area (Å²) in [6.45, 7) is 0.106. The molecule has 13 heteroatoms. The molecule has 0 fully saturated rings. The lowest BCUT2D eigenvalue weighted by molar-refractivity contribution is -0.138.